The summed E-state index contributed by atoms with van der Waals surface area (Å²) in [5.41, 5.74) is 6.76. The van der Waals surface area contributed by atoms with Crippen molar-refractivity contribution in [2.24, 2.45) is 28.7 Å². The number of alkyl carbamates (subject to hydrolysis) is 2. The summed E-state index contributed by atoms with van der Waals surface area (Å²) in [5.74, 6) is 1.20. The van der Waals surface area contributed by atoms with Crippen molar-refractivity contribution in [2.45, 2.75) is 95.0 Å². The van der Waals surface area contributed by atoms with Crippen LogP contribution in [-0.2, 0) is 23.8 Å². The molecule has 2 aliphatic carbocycles. The van der Waals surface area contributed by atoms with E-state index in [-0.39, 0.29) is 47.8 Å². The summed E-state index contributed by atoms with van der Waals surface area (Å²) < 4.78 is 15.3. The second kappa shape index (κ2) is 16.3. The molecule has 6 aliphatic rings. The molecule has 4 aliphatic heterocycles. The third kappa shape index (κ3) is 7.68. The normalized spacial score (nSPS) is 26.4. The number of carbonyl (C=O) groups excluding carboxylic acids is 4. The molecular weight excluding hydrogens is 786 g/mol. The third-order valence-electron chi connectivity index (χ3n) is 13.5. The highest BCUT2D eigenvalue weighted by Gasteiger charge is 2.58. The maximum Gasteiger partial charge on any atom is 0.407 e. The van der Waals surface area contributed by atoms with Gasteiger partial charge in [0.1, 0.15) is 28.8 Å². The van der Waals surface area contributed by atoms with Crippen LogP contribution in [0.5, 0.6) is 0 Å². The van der Waals surface area contributed by atoms with Crippen LogP contribution >= 0.6 is 11.6 Å². The van der Waals surface area contributed by atoms with Gasteiger partial charge in [0.15, 0.2) is 0 Å². The molecule has 8 atom stereocenters. The van der Waals surface area contributed by atoms with Crippen LogP contribution in [0, 0.1) is 23.7 Å². The van der Waals surface area contributed by atoms with Crippen molar-refractivity contribution < 1.29 is 33.4 Å². The summed E-state index contributed by atoms with van der Waals surface area (Å²) in [5, 5.41) is 6.00. The summed E-state index contributed by atoms with van der Waals surface area (Å²) in [7, 11) is 2.62. The molecule has 3 saturated heterocycles. The lowest BCUT2D eigenvalue weighted by Crippen LogP contribution is -2.54. The van der Waals surface area contributed by atoms with Crippen molar-refractivity contribution in [1.82, 2.24) is 30.4 Å². The Balaban J connectivity index is 0.852. The van der Waals surface area contributed by atoms with Gasteiger partial charge in [-0.05, 0) is 84.5 Å². The van der Waals surface area contributed by atoms with Gasteiger partial charge in [0.05, 0.1) is 26.3 Å². The molecule has 3 aromatic rings. The van der Waals surface area contributed by atoms with Crippen LogP contribution in [0.4, 0.5) is 9.59 Å². The number of H-pyrrole nitrogens is 1. The van der Waals surface area contributed by atoms with E-state index in [2.05, 4.69) is 52.0 Å². The van der Waals surface area contributed by atoms with Crippen LogP contribution in [0.3, 0.4) is 0 Å². The number of piperidine rings is 2. The van der Waals surface area contributed by atoms with E-state index >= 15 is 0 Å². The number of methoxy groups -OCH3 is 2. The van der Waals surface area contributed by atoms with E-state index in [1.165, 1.54) is 14.2 Å². The average molecular weight is 838 g/mol. The number of rotatable bonds is 11. The number of nitrogens with one attached hydrogen (secondary N) is 3. The Morgan fingerprint density at radius 2 is 1.35 bits per heavy atom. The first-order valence-electron chi connectivity index (χ1n) is 21.2. The van der Waals surface area contributed by atoms with Gasteiger partial charge in [-0.2, -0.15) is 0 Å². The molecule has 316 valence electrons. The van der Waals surface area contributed by atoms with E-state index in [4.69, 9.17) is 35.8 Å². The fraction of sp³-hybridized carbons (Fsp3) is 0.511. The molecule has 0 radical (unpaired) electrons. The molecule has 3 N–H and O–H groups in total. The highest BCUT2D eigenvalue weighted by atomic mass is 35.5. The molecule has 2 aromatic carbocycles. The molecule has 60 heavy (non-hydrogen) atoms. The Bertz CT molecular complexity index is 2220. The number of nitrogens with zero attached hydrogens (tertiary/aromatic N) is 4. The smallest absolute Gasteiger partial charge is 0.407 e. The van der Waals surface area contributed by atoms with Gasteiger partial charge in [0.2, 0.25) is 11.8 Å². The molecule has 4 amide bonds. The zero-order valence-electron chi connectivity index (χ0n) is 34.4. The van der Waals surface area contributed by atoms with Gasteiger partial charge in [-0.15, -0.1) is 0 Å². The summed E-state index contributed by atoms with van der Waals surface area (Å²) >= 11 is 6.81. The van der Waals surface area contributed by atoms with E-state index < -0.39 is 24.3 Å². The van der Waals surface area contributed by atoms with E-state index in [1.54, 1.807) is 0 Å². The predicted molar refractivity (Wildman–Crippen MR) is 225 cm³/mol. The maximum absolute atomic E-state index is 14.2. The number of amides is 4. The van der Waals surface area contributed by atoms with Crippen LogP contribution in [0.1, 0.15) is 76.2 Å². The largest absolute Gasteiger partial charge is 0.453 e. The molecule has 0 bridgehead atoms. The quantitative estimate of drug-likeness (QED) is 0.190. The molecule has 5 heterocycles. The fourth-order valence-corrected chi connectivity index (χ4v) is 10.2. The van der Waals surface area contributed by atoms with Crippen molar-refractivity contribution in [3.8, 4) is 22.4 Å². The number of imidazole rings is 1. The van der Waals surface area contributed by atoms with Crippen molar-refractivity contribution in [3.63, 3.8) is 0 Å². The number of aromatic nitrogens is 2. The summed E-state index contributed by atoms with van der Waals surface area (Å²) in [6, 6.07) is 15.2. The lowest BCUT2D eigenvalue weighted by Gasteiger charge is -2.35. The Kier molecular flexibility index (Phi) is 10.9. The predicted octanol–water partition coefficient (Wildman–Crippen LogP) is 6.77. The second-order valence-corrected chi connectivity index (χ2v) is 17.8. The van der Waals surface area contributed by atoms with Gasteiger partial charge in [0.25, 0.3) is 0 Å². The number of likely N-dealkylation sites (tertiary alicyclic amines) is 2. The van der Waals surface area contributed by atoms with E-state index in [9.17, 15) is 19.2 Å². The lowest BCUT2D eigenvalue weighted by molar-refractivity contribution is -0.138. The molecule has 14 nitrogen and oxygen atoms in total. The summed E-state index contributed by atoms with van der Waals surface area (Å²) in [6.07, 6.45) is 6.35. The fourth-order valence-electron chi connectivity index (χ4n) is 9.97. The van der Waals surface area contributed by atoms with Crippen LogP contribution in [-0.4, -0.2) is 107 Å². The van der Waals surface area contributed by atoms with Gasteiger partial charge in [-0.25, -0.2) is 14.6 Å². The van der Waals surface area contributed by atoms with Crippen LogP contribution in [0.2, 0.25) is 5.15 Å². The van der Waals surface area contributed by atoms with Gasteiger partial charge >= 0.3 is 12.2 Å². The van der Waals surface area contributed by atoms with Crippen LogP contribution < -0.4 is 10.6 Å². The molecule has 15 heteroatoms. The van der Waals surface area contributed by atoms with Crippen molar-refractivity contribution in [3.05, 3.63) is 71.3 Å². The minimum absolute atomic E-state index is 0.0455. The highest BCUT2D eigenvalue weighted by Crippen LogP contribution is 2.54. The second-order valence-electron chi connectivity index (χ2n) is 17.4. The molecule has 9 rings (SSSR count). The zero-order valence-corrected chi connectivity index (χ0v) is 35.1. The Hall–Kier alpha value is -5.21. The topological polar surface area (TPSA) is 168 Å². The number of aliphatic imine (C=N–C) groups is 1. The minimum Gasteiger partial charge on any atom is -0.453 e. The zero-order chi connectivity index (χ0) is 41.8. The highest BCUT2D eigenvalue weighted by molar-refractivity contribution is 6.32. The first-order valence-corrected chi connectivity index (χ1v) is 21.5. The van der Waals surface area contributed by atoms with Gasteiger partial charge in [0, 0.05) is 49.2 Å². The standard InChI is InChI=1S/C45H52ClN7O7/c1-23(2)37(49-44(56)58-3)42(54)52-33-18-29(33)20-35(52)32-17-31(22-47-32)26-7-5-24(6-8-26)25-9-11-27(12-10-25)38-40(46)51-41(48-38)36-21-30-19-34(30)53(36)43(55)39(50-45(57)59-4)28-13-15-60-16-14-28/h5-12,22-23,28-30,33-37,39H,13-21H2,1-4H3,(H,48,51)(H,49,56)(H,50,57)/t29-,30-,33-,34-,35+,36+,37+,39+/m1/s1. The van der Waals surface area contributed by atoms with Crippen molar-refractivity contribution in [2.75, 3.05) is 27.4 Å². The van der Waals surface area contributed by atoms with Crippen molar-refractivity contribution in [1.29, 1.82) is 0 Å². The van der Waals surface area contributed by atoms with Crippen molar-refractivity contribution >= 4 is 46.9 Å². The first kappa shape index (κ1) is 40.2. The summed E-state index contributed by atoms with van der Waals surface area (Å²) in [6.45, 7) is 4.96. The van der Waals surface area contributed by atoms with Gasteiger partial charge in [-0.1, -0.05) is 74.0 Å². The van der Waals surface area contributed by atoms with Crippen LogP contribution in [0.15, 0.2) is 59.7 Å². The van der Waals surface area contributed by atoms with Gasteiger partial charge in [-0.3, -0.25) is 14.6 Å². The molecule has 1 aromatic heterocycles. The van der Waals surface area contributed by atoms with E-state index in [1.807, 2.05) is 42.0 Å². The Labute approximate surface area is 354 Å². The number of hydrogen-bond acceptors (Lipinski definition) is 9. The van der Waals surface area contributed by atoms with E-state index in [0.717, 1.165) is 59.2 Å². The molecule has 5 fully saturated rings. The number of fused-ring (bicyclic) bond motifs is 2. The molecule has 2 saturated carbocycles. The third-order valence-corrected chi connectivity index (χ3v) is 13.7. The number of allylic oxidation sites excluding steroid dienone is 1. The average Bonchev–Trinajstić information content (AvgIpc) is 3.91. The SMILES string of the molecule is COC(=O)N[C@H](C(=O)N1[C@@H]2C[C@@H]2C[C@H]1C1=NC=C(c2ccc(-c3ccc(-c4nc([C@@H]5C[C@H]6C[C@H]6N5C(=O)[C@@H](NC(=O)OC)C5CCOCC5)[nH]c4Cl)cc3)cc2)C1)C(C)C. The van der Waals surface area contributed by atoms with E-state index in [0.29, 0.717) is 61.0 Å². The first-order chi connectivity index (χ1) is 29.0. The molecule has 0 spiro atoms. The number of hydrogen-bond donors (Lipinski definition) is 3. The summed E-state index contributed by atoms with van der Waals surface area (Å²) in [4.78, 5) is 69.5. The van der Waals surface area contributed by atoms with Crippen LogP contribution in [0.25, 0.3) is 28.0 Å². The van der Waals surface area contributed by atoms with Gasteiger partial charge < -0.3 is 39.6 Å². The number of benzene rings is 2. The molecule has 0 unspecified atom stereocenters. The number of aromatic amines is 1. The minimum atomic E-state index is -0.706. The Morgan fingerprint density at radius 1 is 0.783 bits per heavy atom. The number of ether oxygens (including phenoxy) is 3. The molecular formula is C45H52ClN7O7. The number of carbonyl (C=O) groups is 4. The number of halogens is 1. The lowest BCUT2D eigenvalue weighted by atomic mass is 9.90. The Morgan fingerprint density at radius 3 is 1.97 bits per heavy atom. The maximum atomic E-state index is 14.2. The monoisotopic (exact) mass is 837 g/mol.